The Morgan fingerprint density at radius 1 is 1.30 bits per heavy atom. The summed E-state index contributed by atoms with van der Waals surface area (Å²) in [6, 6.07) is 3.32. The van der Waals surface area contributed by atoms with Crippen molar-refractivity contribution in [2.45, 2.75) is 31.6 Å². The van der Waals surface area contributed by atoms with Gasteiger partial charge in [0.1, 0.15) is 5.69 Å². The highest BCUT2D eigenvalue weighted by molar-refractivity contribution is 6.34. The average Bonchev–Trinajstić information content (AvgIpc) is 3.43. The van der Waals surface area contributed by atoms with Crippen LogP contribution in [-0.2, 0) is 10.2 Å². The predicted molar refractivity (Wildman–Crippen MR) is 123 cm³/mol. The number of aromatic nitrogens is 4. The van der Waals surface area contributed by atoms with Crippen LogP contribution in [0.25, 0.3) is 5.65 Å². The number of carbonyl (C=O) groups is 1. The largest absolute Gasteiger partial charge is 0.395 e. The van der Waals surface area contributed by atoms with Gasteiger partial charge in [-0.05, 0) is 12.5 Å². The standard InChI is InChI=1S/C20H21Cl2N9O2/c1-20(2)7-11(12-9-23-15-6-14(22)27-31(15)17(12)20)19(33)25-10-5-13(21)16(24-8-10)18-26-29-30(28-18)3-4-32/h5-6,8-9,11,29,32H,3-4,7H2,1-2H3,(H,25,33)(H,26,28). The van der Waals surface area contributed by atoms with Crippen molar-refractivity contribution in [2.24, 2.45) is 5.10 Å². The third-order valence-corrected chi connectivity index (χ3v) is 6.18. The third-order valence-electron chi connectivity index (χ3n) is 5.71. The van der Waals surface area contributed by atoms with Crippen LogP contribution in [-0.4, -0.2) is 54.7 Å². The summed E-state index contributed by atoms with van der Waals surface area (Å²) in [5, 5.41) is 22.6. The lowest BCUT2D eigenvalue weighted by Crippen LogP contribution is -2.43. The smallest absolute Gasteiger partial charge is 0.232 e. The number of amides is 1. The summed E-state index contributed by atoms with van der Waals surface area (Å²) >= 11 is 12.5. The van der Waals surface area contributed by atoms with Crippen LogP contribution in [0.4, 0.5) is 5.69 Å². The van der Waals surface area contributed by atoms with E-state index in [2.05, 4.69) is 50.3 Å². The van der Waals surface area contributed by atoms with E-state index in [0.29, 0.717) is 46.0 Å². The highest BCUT2D eigenvalue weighted by Crippen LogP contribution is 2.46. The molecule has 4 heterocycles. The minimum Gasteiger partial charge on any atom is -0.395 e. The first kappa shape index (κ1) is 21.8. The number of β-amino-alcohol motifs (C(OH)–C–C–N with tert-alkyl or cyclic N) is 1. The lowest BCUT2D eigenvalue weighted by atomic mass is 9.88. The monoisotopic (exact) mass is 489 g/mol. The van der Waals surface area contributed by atoms with Crippen LogP contribution in [0.1, 0.15) is 43.1 Å². The molecule has 4 N–H and O–H groups in total. The Morgan fingerprint density at radius 3 is 2.88 bits per heavy atom. The SMILES string of the molecule is CC1(C)CC(C(=O)Nc2cnc(C3=NNN(CCO)N3)c(Cl)c2)c2cnc3cc(Cl)nn3c21. The number of carbonyl (C=O) groups excluding carboxylic acids is 1. The zero-order chi connectivity index (χ0) is 23.3. The molecule has 0 spiro atoms. The molecule has 1 amide bonds. The minimum absolute atomic E-state index is 0.0511. The molecule has 0 bridgehead atoms. The average molecular weight is 490 g/mol. The number of hydrogen-bond acceptors (Lipinski definition) is 9. The topological polar surface area (TPSA) is 132 Å². The Kier molecular flexibility index (Phi) is 5.36. The van der Waals surface area contributed by atoms with Crippen molar-refractivity contribution in [1.82, 2.24) is 35.7 Å². The maximum absolute atomic E-state index is 13.2. The van der Waals surface area contributed by atoms with E-state index in [9.17, 15) is 4.79 Å². The van der Waals surface area contributed by atoms with Crippen molar-refractivity contribution in [3.63, 3.8) is 0 Å². The fraction of sp³-hybridized carbons (Fsp3) is 0.350. The Balaban J connectivity index is 1.37. The predicted octanol–water partition coefficient (Wildman–Crippen LogP) is 1.81. The lowest BCUT2D eigenvalue weighted by molar-refractivity contribution is -0.117. The van der Waals surface area contributed by atoms with Crippen molar-refractivity contribution in [2.75, 3.05) is 18.5 Å². The summed E-state index contributed by atoms with van der Waals surface area (Å²) in [4.78, 5) is 22.0. The molecule has 13 heteroatoms. The van der Waals surface area contributed by atoms with Crippen molar-refractivity contribution in [3.8, 4) is 0 Å². The summed E-state index contributed by atoms with van der Waals surface area (Å²) < 4.78 is 1.72. The summed E-state index contributed by atoms with van der Waals surface area (Å²) in [6.07, 6.45) is 3.84. The van der Waals surface area contributed by atoms with Crippen LogP contribution in [0.5, 0.6) is 0 Å². The molecule has 5 rings (SSSR count). The molecule has 172 valence electrons. The van der Waals surface area contributed by atoms with Gasteiger partial charge in [0, 0.05) is 23.2 Å². The molecule has 11 nitrogen and oxygen atoms in total. The highest BCUT2D eigenvalue weighted by atomic mass is 35.5. The molecule has 1 aliphatic carbocycles. The number of hydrogen-bond donors (Lipinski definition) is 4. The highest BCUT2D eigenvalue weighted by Gasteiger charge is 2.43. The van der Waals surface area contributed by atoms with Gasteiger partial charge in [-0.25, -0.2) is 20.0 Å². The minimum atomic E-state index is -0.412. The maximum Gasteiger partial charge on any atom is 0.232 e. The number of fused-ring (bicyclic) bond motifs is 3. The first-order chi connectivity index (χ1) is 15.8. The number of pyridine rings is 1. The first-order valence-corrected chi connectivity index (χ1v) is 11.0. The van der Waals surface area contributed by atoms with Gasteiger partial charge in [0.2, 0.25) is 5.91 Å². The quantitative estimate of drug-likeness (QED) is 0.426. The molecule has 3 aromatic rings. The molecule has 0 fully saturated rings. The molecule has 0 radical (unpaired) electrons. The second kappa shape index (κ2) is 8.10. The van der Waals surface area contributed by atoms with E-state index in [-0.39, 0.29) is 17.9 Å². The summed E-state index contributed by atoms with van der Waals surface area (Å²) in [7, 11) is 0. The lowest BCUT2D eigenvalue weighted by Gasteiger charge is -2.19. The number of halogens is 2. The van der Waals surface area contributed by atoms with Crippen LogP contribution < -0.4 is 16.3 Å². The van der Waals surface area contributed by atoms with Crippen LogP contribution in [0.3, 0.4) is 0 Å². The van der Waals surface area contributed by atoms with Crippen molar-refractivity contribution >= 4 is 46.3 Å². The van der Waals surface area contributed by atoms with Gasteiger partial charge < -0.3 is 10.4 Å². The number of aliphatic hydroxyl groups is 1. The second-order valence-electron chi connectivity index (χ2n) is 8.53. The van der Waals surface area contributed by atoms with Crippen LogP contribution in [0, 0.1) is 0 Å². The van der Waals surface area contributed by atoms with Gasteiger partial charge in [0.05, 0.1) is 41.7 Å². The van der Waals surface area contributed by atoms with E-state index in [1.807, 2.05) is 0 Å². The summed E-state index contributed by atoms with van der Waals surface area (Å²) in [6.45, 7) is 4.42. The Hall–Kier alpha value is -2.99. The molecule has 1 atom stereocenters. The molecule has 1 unspecified atom stereocenters. The van der Waals surface area contributed by atoms with E-state index < -0.39 is 5.92 Å². The van der Waals surface area contributed by atoms with E-state index in [4.69, 9.17) is 28.3 Å². The number of rotatable bonds is 5. The van der Waals surface area contributed by atoms with E-state index >= 15 is 0 Å². The molecule has 1 aliphatic heterocycles. The van der Waals surface area contributed by atoms with Crippen molar-refractivity contribution < 1.29 is 9.90 Å². The molecular formula is C20H21Cl2N9O2. The van der Waals surface area contributed by atoms with Gasteiger partial charge in [0.25, 0.3) is 0 Å². The fourth-order valence-corrected chi connectivity index (χ4v) is 4.74. The van der Waals surface area contributed by atoms with E-state index in [0.717, 1.165) is 11.3 Å². The fourth-order valence-electron chi connectivity index (χ4n) is 4.31. The molecule has 3 aromatic heterocycles. The van der Waals surface area contributed by atoms with Crippen molar-refractivity contribution in [3.05, 3.63) is 51.7 Å². The zero-order valence-electron chi connectivity index (χ0n) is 17.8. The number of amidine groups is 1. The van der Waals surface area contributed by atoms with E-state index in [1.165, 1.54) is 11.3 Å². The second-order valence-corrected chi connectivity index (χ2v) is 9.33. The summed E-state index contributed by atoms with van der Waals surface area (Å²) in [5.41, 5.74) is 8.63. The number of anilines is 1. The Labute approximate surface area is 198 Å². The molecule has 0 aromatic carbocycles. The van der Waals surface area contributed by atoms with Gasteiger partial charge in [-0.1, -0.05) is 37.0 Å². The first-order valence-electron chi connectivity index (χ1n) is 10.3. The number of hydrazone groups is 1. The van der Waals surface area contributed by atoms with Gasteiger partial charge in [-0.15, -0.1) is 10.2 Å². The Morgan fingerprint density at radius 2 is 2.12 bits per heavy atom. The normalized spacial score (nSPS) is 19.2. The van der Waals surface area contributed by atoms with E-state index in [1.54, 1.807) is 22.8 Å². The zero-order valence-corrected chi connectivity index (χ0v) is 19.3. The third kappa shape index (κ3) is 3.86. The number of aliphatic hydroxyl groups excluding tert-OH is 1. The summed E-state index contributed by atoms with van der Waals surface area (Å²) in [5.74, 6) is -0.185. The molecule has 2 aliphatic rings. The molecule has 33 heavy (non-hydrogen) atoms. The number of nitrogens with zero attached hydrogens (tertiary/aromatic N) is 6. The number of nitrogens with one attached hydrogen (secondary N) is 3. The van der Waals surface area contributed by atoms with Crippen LogP contribution >= 0.6 is 23.2 Å². The maximum atomic E-state index is 13.2. The molecular weight excluding hydrogens is 469 g/mol. The number of hydrazine groups is 2. The van der Waals surface area contributed by atoms with Crippen LogP contribution in [0.15, 0.2) is 29.6 Å². The van der Waals surface area contributed by atoms with Crippen LogP contribution in [0.2, 0.25) is 10.2 Å². The Bertz CT molecular complexity index is 1290. The van der Waals surface area contributed by atoms with Gasteiger partial charge >= 0.3 is 0 Å². The van der Waals surface area contributed by atoms with Gasteiger partial charge in [-0.2, -0.15) is 5.10 Å². The van der Waals surface area contributed by atoms with Gasteiger partial charge in [-0.3, -0.25) is 10.2 Å². The van der Waals surface area contributed by atoms with Crippen molar-refractivity contribution in [1.29, 1.82) is 0 Å². The molecule has 0 saturated heterocycles. The molecule has 0 saturated carbocycles. The van der Waals surface area contributed by atoms with Gasteiger partial charge in [0.15, 0.2) is 16.6 Å².